The van der Waals surface area contributed by atoms with Crippen molar-refractivity contribution in [2.75, 3.05) is 6.61 Å². The molecule has 0 radical (unpaired) electrons. The summed E-state index contributed by atoms with van der Waals surface area (Å²) < 4.78 is 5.24. The molecule has 1 amide bonds. The van der Waals surface area contributed by atoms with Crippen LogP contribution < -0.4 is 0 Å². The molecule has 0 spiro atoms. The maximum atomic E-state index is 12.7. The Morgan fingerprint density at radius 1 is 1.25 bits per heavy atom. The van der Waals surface area contributed by atoms with E-state index in [1.54, 1.807) is 6.92 Å². The Morgan fingerprint density at radius 2 is 1.96 bits per heavy atom. The molecule has 1 aliphatic heterocycles. The molecule has 1 aromatic rings. The summed E-state index contributed by atoms with van der Waals surface area (Å²) in [6.45, 7) is 5.28. The van der Waals surface area contributed by atoms with Crippen molar-refractivity contribution in [1.29, 1.82) is 0 Å². The second-order valence-electron chi connectivity index (χ2n) is 5.39. The third kappa shape index (κ3) is 3.30. The highest BCUT2D eigenvalue weighted by Crippen LogP contribution is 2.43. The highest BCUT2D eigenvalue weighted by Gasteiger charge is 2.55. The SMILES string of the molecule is CCC#CC[C@]1(C(=O)OCC)N=NN(C(C)=O)[C@H]1c1ccccc1. The summed E-state index contributed by atoms with van der Waals surface area (Å²) in [6, 6.07) is 8.59. The first-order chi connectivity index (χ1) is 11.6. The molecule has 0 unspecified atom stereocenters. The van der Waals surface area contributed by atoms with Crippen LogP contribution in [0, 0.1) is 11.8 Å². The number of benzene rings is 1. The first-order valence-electron chi connectivity index (χ1n) is 7.97. The number of rotatable bonds is 4. The summed E-state index contributed by atoms with van der Waals surface area (Å²) >= 11 is 0. The molecule has 6 nitrogen and oxygen atoms in total. The third-order valence-electron chi connectivity index (χ3n) is 3.74. The predicted molar refractivity (Wildman–Crippen MR) is 88.6 cm³/mol. The summed E-state index contributed by atoms with van der Waals surface area (Å²) in [7, 11) is 0. The number of hydrogen-bond donors (Lipinski definition) is 0. The molecule has 1 aromatic carbocycles. The zero-order valence-electron chi connectivity index (χ0n) is 14.2. The lowest BCUT2D eigenvalue weighted by molar-refractivity contribution is -0.151. The van der Waals surface area contributed by atoms with Gasteiger partial charge in [-0.3, -0.25) is 4.79 Å². The maximum absolute atomic E-state index is 12.7. The normalized spacial score (nSPS) is 22.0. The summed E-state index contributed by atoms with van der Waals surface area (Å²) in [5.41, 5.74) is -0.574. The van der Waals surface area contributed by atoms with Crippen molar-refractivity contribution in [3.05, 3.63) is 35.9 Å². The molecule has 0 saturated heterocycles. The average Bonchev–Trinajstić information content (AvgIpc) is 2.97. The molecule has 2 rings (SSSR count). The minimum atomic E-state index is -1.34. The zero-order chi connectivity index (χ0) is 17.6. The van der Waals surface area contributed by atoms with E-state index in [9.17, 15) is 9.59 Å². The lowest BCUT2D eigenvalue weighted by Crippen LogP contribution is -2.46. The van der Waals surface area contributed by atoms with Gasteiger partial charge < -0.3 is 4.74 Å². The Labute approximate surface area is 141 Å². The van der Waals surface area contributed by atoms with Crippen LogP contribution >= 0.6 is 0 Å². The van der Waals surface area contributed by atoms with E-state index < -0.39 is 17.6 Å². The number of carbonyl (C=O) groups is 2. The standard InChI is InChI=1S/C18H21N3O3/c1-4-6-10-13-18(17(23)24-5-2)16(15-11-8-7-9-12-15)21(14(3)22)20-19-18/h7-9,11-12,16H,4-5,13H2,1-3H3/t16-,18-/m0/s1. The van der Waals surface area contributed by atoms with Crippen LogP contribution in [0.5, 0.6) is 0 Å². The van der Waals surface area contributed by atoms with Crippen molar-refractivity contribution in [3.63, 3.8) is 0 Å². The molecule has 0 aromatic heterocycles. The summed E-state index contributed by atoms with van der Waals surface area (Å²) in [5, 5.41) is 9.38. The monoisotopic (exact) mass is 327 g/mol. The van der Waals surface area contributed by atoms with Gasteiger partial charge in [-0.25, -0.2) is 9.80 Å². The maximum Gasteiger partial charge on any atom is 0.339 e. The summed E-state index contributed by atoms with van der Waals surface area (Å²) in [5.74, 6) is 5.12. The molecule has 0 N–H and O–H groups in total. The Morgan fingerprint density at radius 3 is 2.54 bits per heavy atom. The number of carbonyl (C=O) groups excluding carboxylic acids is 2. The van der Waals surface area contributed by atoms with Crippen LogP contribution in [0.2, 0.25) is 0 Å². The van der Waals surface area contributed by atoms with Crippen LogP contribution in [0.4, 0.5) is 0 Å². The van der Waals surface area contributed by atoms with Gasteiger partial charge in [-0.2, -0.15) is 0 Å². The summed E-state index contributed by atoms with van der Waals surface area (Å²) in [6.07, 6.45) is 0.814. The van der Waals surface area contributed by atoms with Crippen LogP contribution in [0.15, 0.2) is 40.7 Å². The quantitative estimate of drug-likeness (QED) is 0.630. The van der Waals surface area contributed by atoms with Crippen LogP contribution in [0.3, 0.4) is 0 Å². The minimum absolute atomic E-state index is 0.145. The van der Waals surface area contributed by atoms with E-state index in [4.69, 9.17) is 4.74 Å². The van der Waals surface area contributed by atoms with Gasteiger partial charge >= 0.3 is 5.97 Å². The molecular weight excluding hydrogens is 306 g/mol. The number of ether oxygens (including phenoxy) is 1. The molecule has 6 heteroatoms. The molecule has 0 bridgehead atoms. The van der Waals surface area contributed by atoms with Gasteiger partial charge in [0.05, 0.1) is 6.61 Å². The van der Waals surface area contributed by atoms with Crippen molar-refractivity contribution in [1.82, 2.24) is 5.01 Å². The Kier molecular flexibility index (Phi) is 5.69. The first-order valence-corrected chi connectivity index (χ1v) is 7.97. The van der Waals surface area contributed by atoms with E-state index in [0.29, 0.717) is 6.42 Å². The van der Waals surface area contributed by atoms with Gasteiger partial charge in [-0.15, -0.1) is 11.0 Å². The fraction of sp³-hybridized carbons (Fsp3) is 0.444. The van der Waals surface area contributed by atoms with Gasteiger partial charge in [0.1, 0.15) is 6.04 Å². The van der Waals surface area contributed by atoms with Crippen molar-refractivity contribution in [2.45, 2.75) is 45.2 Å². The third-order valence-corrected chi connectivity index (χ3v) is 3.74. The lowest BCUT2D eigenvalue weighted by atomic mass is 9.83. The Balaban J connectivity index is 2.54. The Hall–Kier alpha value is -2.68. The minimum Gasteiger partial charge on any atom is -0.464 e. The van der Waals surface area contributed by atoms with E-state index in [2.05, 4.69) is 22.2 Å². The lowest BCUT2D eigenvalue weighted by Gasteiger charge is -2.31. The van der Waals surface area contributed by atoms with Gasteiger partial charge in [-0.05, 0) is 12.5 Å². The number of hydrogen-bond acceptors (Lipinski definition) is 5. The van der Waals surface area contributed by atoms with Gasteiger partial charge in [0.15, 0.2) is 0 Å². The van der Waals surface area contributed by atoms with Gasteiger partial charge in [-0.1, -0.05) is 48.4 Å². The van der Waals surface area contributed by atoms with Crippen LogP contribution in [0.1, 0.15) is 45.2 Å². The van der Waals surface area contributed by atoms with Gasteiger partial charge in [0.2, 0.25) is 11.4 Å². The first kappa shape index (κ1) is 17.7. The Bertz CT molecular complexity index is 690. The van der Waals surface area contributed by atoms with Crippen molar-refractivity contribution < 1.29 is 14.3 Å². The molecule has 0 saturated carbocycles. The highest BCUT2D eigenvalue weighted by atomic mass is 16.5. The molecule has 2 atom stereocenters. The largest absolute Gasteiger partial charge is 0.464 e. The van der Waals surface area contributed by atoms with Crippen molar-refractivity contribution in [3.8, 4) is 11.8 Å². The fourth-order valence-electron chi connectivity index (χ4n) is 2.67. The number of amides is 1. The van der Waals surface area contributed by atoms with Crippen molar-refractivity contribution >= 4 is 11.9 Å². The zero-order valence-corrected chi connectivity index (χ0v) is 14.2. The molecular formula is C18H21N3O3. The molecule has 1 heterocycles. The van der Waals surface area contributed by atoms with E-state index in [-0.39, 0.29) is 18.9 Å². The number of esters is 1. The molecule has 126 valence electrons. The molecule has 24 heavy (non-hydrogen) atoms. The van der Waals surface area contributed by atoms with Crippen LogP contribution in [0.25, 0.3) is 0 Å². The molecule has 0 fully saturated rings. The smallest absolute Gasteiger partial charge is 0.339 e. The second kappa shape index (κ2) is 7.73. The van der Waals surface area contributed by atoms with Crippen LogP contribution in [-0.2, 0) is 14.3 Å². The predicted octanol–water partition coefficient (Wildman–Crippen LogP) is 3.06. The number of nitrogens with zero attached hydrogens (tertiary/aromatic N) is 3. The molecule has 0 aliphatic carbocycles. The van der Waals surface area contributed by atoms with Crippen molar-refractivity contribution in [2.24, 2.45) is 10.3 Å². The van der Waals surface area contributed by atoms with Gasteiger partial charge in [0.25, 0.3) is 0 Å². The second-order valence-corrected chi connectivity index (χ2v) is 5.39. The van der Waals surface area contributed by atoms with E-state index >= 15 is 0 Å². The van der Waals surface area contributed by atoms with Gasteiger partial charge in [0, 0.05) is 19.8 Å². The molecule has 1 aliphatic rings. The summed E-state index contributed by atoms with van der Waals surface area (Å²) in [4.78, 5) is 24.7. The van der Waals surface area contributed by atoms with Crippen LogP contribution in [-0.4, -0.2) is 29.0 Å². The van der Waals surface area contributed by atoms with E-state index in [0.717, 1.165) is 5.56 Å². The van der Waals surface area contributed by atoms with E-state index in [1.165, 1.54) is 11.9 Å². The van der Waals surface area contributed by atoms with E-state index in [1.807, 2.05) is 37.3 Å². The average molecular weight is 327 g/mol. The topological polar surface area (TPSA) is 71.3 Å². The fourth-order valence-corrected chi connectivity index (χ4v) is 2.67. The highest BCUT2D eigenvalue weighted by molar-refractivity contribution is 5.85.